The van der Waals surface area contributed by atoms with Crippen molar-refractivity contribution in [1.82, 2.24) is 25.3 Å². The van der Waals surface area contributed by atoms with Gasteiger partial charge in [0.05, 0.1) is 32.5 Å². The fourth-order valence-corrected chi connectivity index (χ4v) is 2.94. The number of rotatable bonds is 7. The highest BCUT2D eigenvalue weighted by Crippen LogP contribution is 2.19. The van der Waals surface area contributed by atoms with E-state index in [2.05, 4.69) is 34.5 Å². The van der Waals surface area contributed by atoms with Crippen molar-refractivity contribution in [1.29, 1.82) is 0 Å². The number of hydrogen-bond donors (Lipinski definition) is 3. The minimum absolute atomic E-state index is 0. The van der Waals surface area contributed by atoms with Crippen molar-refractivity contribution >= 4 is 29.9 Å². The van der Waals surface area contributed by atoms with Gasteiger partial charge in [-0.3, -0.25) is 14.6 Å². The summed E-state index contributed by atoms with van der Waals surface area (Å²) < 4.78 is 7.13. The summed E-state index contributed by atoms with van der Waals surface area (Å²) in [4.78, 5) is 7.15. The molecule has 0 aliphatic carbocycles. The minimum Gasteiger partial charge on any atom is -0.383 e. The van der Waals surface area contributed by atoms with E-state index in [0.717, 1.165) is 38.4 Å². The van der Waals surface area contributed by atoms with Crippen LogP contribution in [0.2, 0.25) is 0 Å². The first kappa shape index (κ1) is 24.1. The van der Waals surface area contributed by atoms with Crippen LogP contribution < -0.4 is 10.6 Å². The van der Waals surface area contributed by atoms with Crippen molar-refractivity contribution in [3.63, 3.8) is 0 Å². The largest absolute Gasteiger partial charge is 0.383 e. The molecule has 9 heteroatoms. The molecule has 0 amide bonds. The summed E-state index contributed by atoms with van der Waals surface area (Å²) in [5.41, 5.74) is -0.292. The second-order valence-electron chi connectivity index (χ2n) is 7.64. The molecule has 0 saturated carbocycles. The maximum absolute atomic E-state index is 10.7. The van der Waals surface area contributed by atoms with Crippen LogP contribution in [0.25, 0.3) is 0 Å². The molecule has 1 aromatic heterocycles. The Kier molecular flexibility index (Phi) is 9.46. The molecule has 1 saturated heterocycles. The lowest BCUT2D eigenvalue weighted by molar-refractivity contribution is -0.00685. The third-order valence-electron chi connectivity index (χ3n) is 4.76. The Morgan fingerprint density at radius 2 is 1.96 bits per heavy atom. The summed E-state index contributed by atoms with van der Waals surface area (Å²) in [6.07, 6.45) is 3.51. The van der Waals surface area contributed by atoms with Gasteiger partial charge < -0.3 is 20.5 Å². The van der Waals surface area contributed by atoms with Crippen LogP contribution >= 0.6 is 24.0 Å². The van der Waals surface area contributed by atoms with Gasteiger partial charge >= 0.3 is 0 Å². The first-order valence-corrected chi connectivity index (χ1v) is 9.31. The van der Waals surface area contributed by atoms with Crippen LogP contribution in [0.4, 0.5) is 0 Å². The molecule has 8 nitrogen and oxygen atoms in total. The Hall–Kier alpha value is -0.910. The van der Waals surface area contributed by atoms with Gasteiger partial charge in [0, 0.05) is 44.0 Å². The van der Waals surface area contributed by atoms with Crippen LogP contribution in [0.15, 0.2) is 17.4 Å². The van der Waals surface area contributed by atoms with Gasteiger partial charge in [0.25, 0.3) is 0 Å². The Bertz CT molecular complexity index is 596. The van der Waals surface area contributed by atoms with Crippen molar-refractivity contribution in [3.8, 4) is 0 Å². The molecular weight excluding hydrogens is 459 g/mol. The quantitative estimate of drug-likeness (QED) is 0.297. The standard InChI is InChI=1S/C18H34N6O2.HI/c1-6-19-16(20-13-17(2,3)24-7-9-26-10-8-24)21-14-18(4,25)15-11-22-23(5)12-15;/h11-12,25H,6-10,13-14H2,1-5H3,(H2,19,20,21);1H. The number of aryl methyl sites for hydroxylation is 1. The average molecular weight is 494 g/mol. The molecular formula is C18H35IN6O2. The fourth-order valence-electron chi connectivity index (χ4n) is 2.94. The van der Waals surface area contributed by atoms with E-state index in [1.807, 2.05) is 20.2 Å². The Morgan fingerprint density at radius 3 is 2.52 bits per heavy atom. The van der Waals surface area contributed by atoms with E-state index in [0.29, 0.717) is 19.0 Å². The Balaban J connectivity index is 0.00000364. The van der Waals surface area contributed by atoms with Crippen LogP contribution in [-0.2, 0) is 17.4 Å². The third-order valence-corrected chi connectivity index (χ3v) is 4.76. The molecule has 1 aliphatic rings. The summed E-state index contributed by atoms with van der Waals surface area (Å²) >= 11 is 0. The summed E-state index contributed by atoms with van der Waals surface area (Å²) in [6.45, 7) is 13.4. The number of halogens is 1. The average Bonchev–Trinajstić information content (AvgIpc) is 3.06. The van der Waals surface area contributed by atoms with Crippen molar-refractivity contribution in [3.05, 3.63) is 18.0 Å². The second-order valence-corrected chi connectivity index (χ2v) is 7.64. The number of ether oxygens (including phenoxy) is 1. The van der Waals surface area contributed by atoms with Crippen LogP contribution in [0, 0.1) is 0 Å². The minimum atomic E-state index is -1.02. The highest BCUT2D eigenvalue weighted by atomic mass is 127. The van der Waals surface area contributed by atoms with E-state index >= 15 is 0 Å². The summed E-state index contributed by atoms with van der Waals surface area (Å²) in [5, 5.41) is 21.4. The molecule has 156 valence electrons. The molecule has 1 unspecified atom stereocenters. The van der Waals surface area contributed by atoms with Gasteiger partial charge in [-0.15, -0.1) is 24.0 Å². The molecule has 0 spiro atoms. The van der Waals surface area contributed by atoms with Gasteiger partial charge in [-0.1, -0.05) is 0 Å². The predicted octanol–water partition coefficient (Wildman–Crippen LogP) is 0.912. The van der Waals surface area contributed by atoms with Crippen LogP contribution in [0.1, 0.15) is 33.3 Å². The maximum Gasteiger partial charge on any atom is 0.191 e. The number of aliphatic imine (C=N–C) groups is 1. The number of aromatic nitrogens is 2. The summed E-state index contributed by atoms with van der Waals surface area (Å²) in [7, 11) is 1.84. The number of guanidine groups is 1. The van der Waals surface area contributed by atoms with E-state index in [-0.39, 0.29) is 29.5 Å². The van der Waals surface area contributed by atoms with Crippen LogP contribution in [0.3, 0.4) is 0 Å². The molecule has 1 aromatic rings. The smallest absolute Gasteiger partial charge is 0.191 e. The van der Waals surface area contributed by atoms with Gasteiger partial charge in [0.15, 0.2) is 5.96 Å². The zero-order valence-electron chi connectivity index (χ0n) is 17.2. The molecule has 27 heavy (non-hydrogen) atoms. The zero-order chi connectivity index (χ0) is 19.2. The molecule has 0 bridgehead atoms. The maximum atomic E-state index is 10.7. The first-order valence-electron chi connectivity index (χ1n) is 9.31. The third kappa shape index (κ3) is 7.20. The van der Waals surface area contributed by atoms with E-state index in [1.165, 1.54) is 0 Å². The zero-order valence-corrected chi connectivity index (χ0v) is 19.5. The van der Waals surface area contributed by atoms with Gasteiger partial charge in [0.1, 0.15) is 5.60 Å². The van der Waals surface area contributed by atoms with Crippen molar-refractivity contribution in [2.75, 3.05) is 45.9 Å². The first-order chi connectivity index (χ1) is 12.2. The molecule has 1 aliphatic heterocycles. The summed E-state index contributed by atoms with van der Waals surface area (Å²) in [5.74, 6) is 0.706. The summed E-state index contributed by atoms with van der Waals surface area (Å²) in [6, 6.07) is 0. The number of hydrogen-bond acceptors (Lipinski definition) is 5. The van der Waals surface area contributed by atoms with Gasteiger partial charge in [-0.2, -0.15) is 5.10 Å². The molecule has 2 rings (SSSR count). The van der Waals surface area contributed by atoms with E-state index < -0.39 is 5.60 Å². The lowest BCUT2D eigenvalue weighted by atomic mass is 10.00. The number of aliphatic hydroxyl groups is 1. The lowest BCUT2D eigenvalue weighted by Crippen LogP contribution is -2.52. The van der Waals surface area contributed by atoms with Crippen LogP contribution in [0.5, 0.6) is 0 Å². The molecule has 0 aromatic carbocycles. The highest BCUT2D eigenvalue weighted by molar-refractivity contribution is 14.0. The van der Waals surface area contributed by atoms with Crippen molar-refractivity contribution in [2.45, 2.75) is 38.8 Å². The van der Waals surface area contributed by atoms with Crippen LogP contribution in [-0.4, -0.2) is 77.2 Å². The normalized spacial score (nSPS) is 18.5. The molecule has 1 atom stereocenters. The van der Waals surface area contributed by atoms with Gasteiger partial charge in [-0.25, -0.2) is 0 Å². The lowest BCUT2D eigenvalue weighted by Gasteiger charge is -2.40. The number of nitrogens with one attached hydrogen (secondary N) is 2. The SMILES string of the molecule is CCNC(=NCC(C)(C)N1CCOCC1)NCC(C)(O)c1cnn(C)c1.I. The second kappa shape index (κ2) is 10.6. The topological polar surface area (TPSA) is 86.9 Å². The fraction of sp³-hybridized carbons (Fsp3) is 0.778. The highest BCUT2D eigenvalue weighted by Gasteiger charge is 2.28. The van der Waals surface area contributed by atoms with Crippen molar-refractivity contribution < 1.29 is 9.84 Å². The molecule has 1 fully saturated rings. The predicted molar refractivity (Wildman–Crippen MR) is 119 cm³/mol. The Labute approximate surface area is 179 Å². The molecule has 2 heterocycles. The van der Waals surface area contributed by atoms with Gasteiger partial charge in [0.2, 0.25) is 0 Å². The number of nitrogens with zero attached hydrogens (tertiary/aromatic N) is 4. The molecule has 3 N–H and O–H groups in total. The van der Waals surface area contributed by atoms with E-state index in [9.17, 15) is 5.11 Å². The monoisotopic (exact) mass is 494 g/mol. The van der Waals surface area contributed by atoms with Crippen molar-refractivity contribution in [2.24, 2.45) is 12.0 Å². The van der Waals surface area contributed by atoms with E-state index in [1.54, 1.807) is 17.8 Å². The Morgan fingerprint density at radius 1 is 1.30 bits per heavy atom. The molecule has 0 radical (unpaired) electrons. The van der Waals surface area contributed by atoms with Gasteiger partial charge in [-0.05, 0) is 27.7 Å². The van der Waals surface area contributed by atoms with E-state index in [4.69, 9.17) is 9.73 Å². The number of morpholine rings is 1.